The fourth-order valence-corrected chi connectivity index (χ4v) is 2.97. The van der Waals surface area contributed by atoms with Gasteiger partial charge < -0.3 is 0 Å². The third kappa shape index (κ3) is 2.84. The summed E-state index contributed by atoms with van der Waals surface area (Å²) < 4.78 is 0. The monoisotopic (exact) mass is 234 g/mol. The number of thiophene rings is 1. The van der Waals surface area contributed by atoms with Crippen LogP contribution in [0.3, 0.4) is 0 Å². The molecule has 1 aromatic heterocycles. The van der Waals surface area contributed by atoms with Crippen LogP contribution in [0.4, 0.5) is 0 Å². The second-order valence-corrected chi connectivity index (χ2v) is 5.57. The lowest BCUT2D eigenvalue weighted by molar-refractivity contribution is 0.365. The van der Waals surface area contributed by atoms with Gasteiger partial charge in [-0.3, -0.25) is 5.32 Å². The molecular formula is C13H18N2S. The lowest BCUT2D eigenvalue weighted by Gasteiger charge is -2.26. The van der Waals surface area contributed by atoms with Crippen LogP contribution >= 0.6 is 11.3 Å². The average Bonchev–Trinajstić information content (AvgIpc) is 2.72. The van der Waals surface area contributed by atoms with Gasteiger partial charge in [-0.1, -0.05) is 31.7 Å². The molecule has 0 unspecified atom stereocenters. The van der Waals surface area contributed by atoms with Crippen molar-refractivity contribution in [2.75, 3.05) is 0 Å². The van der Waals surface area contributed by atoms with Gasteiger partial charge in [0.25, 0.3) is 0 Å². The van der Waals surface area contributed by atoms with E-state index in [-0.39, 0.29) is 5.54 Å². The molecule has 1 aliphatic rings. The predicted molar refractivity (Wildman–Crippen MR) is 67.2 cm³/mol. The van der Waals surface area contributed by atoms with E-state index >= 15 is 0 Å². The van der Waals surface area contributed by atoms with Crippen LogP contribution in [0.5, 0.6) is 0 Å². The summed E-state index contributed by atoms with van der Waals surface area (Å²) in [6.45, 7) is 0.839. The molecule has 0 aliphatic heterocycles. The highest BCUT2D eigenvalue weighted by Crippen LogP contribution is 2.27. The lowest BCUT2D eigenvalue weighted by atomic mass is 9.92. The first-order valence-corrected chi connectivity index (χ1v) is 6.91. The molecule has 2 nitrogen and oxygen atoms in total. The summed E-state index contributed by atoms with van der Waals surface area (Å²) in [5, 5.41) is 14.9. The third-order valence-corrected chi connectivity index (χ3v) is 4.23. The predicted octanol–water partition coefficient (Wildman–Crippen LogP) is 3.45. The minimum absolute atomic E-state index is 0.263. The van der Waals surface area contributed by atoms with Crippen molar-refractivity contribution in [2.24, 2.45) is 0 Å². The van der Waals surface area contributed by atoms with Crippen molar-refractivity contribution in [2.45, 2.75) is 50.6 Å². The number of hydrogen-bond donors (Lipinski definition) is 1. The van der Waals surface area contributed by atoms with Crippen LogP contribution in [0.2, 0.25) is 0 Å². The first-order chi connectivity index (χ1) is 7.85. The number of nitrogens with one attached hydrogen (secondary N) is 1. The Morgan fingerprint density at radius 2 is 2.06 bits per heavy atom. The summed E-state index contributed by atoms with van der Waals surface area (Å²) in [7, 11) is 0. The molecule has 3 heteroatoms. The van der Waals surface area contributed by atoms with Crippen molar-refractivity contribution in [3.05, 3.63) is 22.4 Å². The van der Waals surface area contributed by atoms with Gasteiger partial charge in [0.15, 0.2) is 0 Å². The molecule has 1 N–H and O–H groups in total. The van der Waals surface area contributed by atoms with E-state index in [1.54, 1.807) is 11.3 Å². The Hall–Kier alpha value is -0.850. The van der Waals surface area contributed by atoms with E-state index in [4.69, 9.17) is 0 Å². The van der Waals surface area contributed by atoms with Crippen molar-refractivity contribution in [1.82, 2.24) is 5.32 Å². The van der Waals surface area contributed by atoms with Crippen LogP contribution in [-0.2, 0) is 6.54 Å². The zero-order chi connectivity index (χ0) is 11.3. The minimum atomic E-state index is -0.263. The molecule has 1 aliphatic carbocycles. The van der Waals surface area contributed by atoms with E-state index in [0.717, 1.165) is 19.4 Å². The molecule has 0 atom stereocenters. The first-order valence-electron chi connectivity index (χ1n) is 6.03. The fraction of sp³-hybridized carbons (Fsp3) is 0.615. The molecule has 0 saturated heterocycles. The number of hydrogen-bond acceptors (Lipinski definition) is 3. The zero-order valence-corrected chi connectivity index (χ0v) is 10.4. The first kappa shape index (κ1) is 11.6. The van der Waals surface area contributed by atoms with Crippen molar-refractivity contribution in [3.8, 4) is 6.07 Å². The number of nitriles is 1. The van der Waals surface area contributed by atoms with Gasteiger partial charge in [0.2, 0.25) is 0 Å². The SMILES string of the molecule is N#CC1(NCc2cccs2)CCCCCC1. The molecular weight excluding hydrogens is 216 g/mol. The number of nitrogens with zero attached hydrogens (tertiary/aromatic N) is 1. The summed E-state index contributed by atoms with van der Waals surface area (Å²) in [6, 6.07) is 6.70. The molecule has 0 spiro atoms. The maximum absolute atomic E-state index is 9.39. The van der Waals surface area contributed by atoms with Crippen molar-refractivity contribution in [1.29, 1.82) is 5.26 Å². The average molecular weight is 234 g/mol. The summed E-state index contributed by atoms with van der Waals surface area (Å²) in [5.74, 6) is 0. The van der Waals surface area contributed by atoms with Gasteiger partial charge in [-0.15, -0.1) is 11.3 Å². The Labute approximate surface area is 101 Å². The smallest absolute Gasteiger partial charge is 0.107 e. The van der Waals surface area contributed by atoms with Crippen LogP contribution in [0, 0.1) is 11.3 Å². The van der Waals surface area contributed by atoms with E-state index in [9.17, 15) is 5.26 Å². The van der Waals surface area contributed by atoms with Crippen LogP contribution < -0.4 is 5.32 Å². The summed E-state index contributed by atoms with van der Waals surface area (Å²) in [6.07, 6.45) is 6.95. The standard InChI is InChI=1S/C13H18N2S/c14-11-13(7-3-1-2-4-8-13)15-10-12-6-5-9-16-12/h5-6,9,15H,1-4,7-8,10H2. The maximum Gasteiger partial charge on any atom is 0.107 e. The quantitative estimate of drug-likeness (QED) is 0.813. The van der Waals surface area contributed by atoms with Crippen molar-refractivity contribution in [3.63, 3.8) is 0 Å². The summed E-state index contributed by atoms with van der Waals surface area (Å²) >= 11 is 1.75. The second-order valence-electron chi connectivity index (χ2n) is 4.54. The Bertz CT molecular complexity index is 343. The molecule has 0 aromatic carbocycles. The molecule has 0 amide bonds. The highest BCUT2D eigenvalue weighted by atomic mass is 32.1. The maximum atomic E-state index is 9.39. The van der Waals surface area contributed by atoms with E-state index in [2.05, 4.69) is 28.9 Å². The summed E-state index contributed by atoms with van der Waals surface area (Å²) in [4.78, 5) is 1.32. The van der Waals surface area contributed by atoms with E-state index < -0.39 is 0 Å². The van der Waals surface area contributed by atoms with Crippen LogP contribution in [-0.4, -0.2) is 5.54 Å². The Morgan fingerprint density at radius 3 is 2.62 bits per heavy atom. The molecule has 1 aromatic rings. The third-order valence-electron chi connectivity index (χ3n) is 3.35. The molecule has 1 fully saturated rings. The minimum Gasteiger partial charge on any atom is -0.294 e. The molecule has 0 bridgehead atoms. The Balaban J connectivity index is 1.96. The van der Waals surface area contributed by atoms with Crippen LogP contribution in [0.1, 0.15) is 43.4 Å². The molecule has 0 radical (unpaired) electrons. The molecule has 16 heavy (non-hydrogen) atoms. The van der Waals surface area contributed by atoms with Gasteiger partial charge in [-0.2, -0.15) is 5.26 Å². The Morgan fingerprint density at radius 1 is 1.31 bits per heavy atom. The van der Waals surface area contributed by atoms with Gasteiger partial charge in [-0.25, -0.2) is 0 Å². The largest absolute Gasteiger partial charge is 0.294 e. The highest BCUT2D eigenvalue weighted by molar-refractivity contribution is 7.09. The fourth-order valence-electron chi connectivity index (χ4n) is 2.33. The molecule has 1 saturated carbocycles. The van der Waals surface area contributed by atoms with E-state index in [1.165, 1.54) is 30.6 Å². The normalized spacial score (nSPS) is 19.9. The second kappa shape index (κ2) is 5.47. The number of rotatable bonds is 3. The Kier molecular flexibility index (Phi) is 3.98. The molecule has 1 heterocycles. The van der Waals surface area contributed by atoms with Crippen LogP contribution in [0.25, 0.3) is 0 Å². The van der Waals surface area contributed by atoms with Gasteiger partial charge in [-0.05, 0) is 24.3 Å². The van der Waals surface area contributed by atoms with Gasteiger partial charge in [0.05, 0.1) is 6.07 Å². The van der Waals surface area contributed by atoms with Gasteiger partial charge >= 0.3 is 0 Å². The van der Waals surface area contributed by atoms with Gasteiger partial charge in [0.1, 0.15) is 5.54 Å². The van der Waals surface area contributed by atoms with Crippen molar-refractivity contribution >= 4 is 11.3 Å². The molecule has 86 valence electrons. The van der Waals surface area contributed by atoms with Crippen molar-refractivity contribution < 1.29 is 0 Å². The van der Waals surface area contributed by atoms with E-state index in [0.29, 0.717) is 0 Å². The zero-order valence-electron chi connectivity index (χ0n) is 9.54. The molecule has 2 rings (SSSR count). The lowest BCUT2D eigenvalue weighted by Crippen LogP contribution is -2.42. The topological polar surface area (TPSA) is 35.8 Å². The highest BCUT2D eigenvalue weighted by Gasteiger charge is 2.29. The van der Waals surface area contributed by atoms with E-state index in [1.807, 2.05) is 0 Å². The van der Waals surface area contributed by atoms with Crippen LogP contribution in [0.15, 0.2) is 17.5 Å². The van der Waals surface area contributed by atoms with Gasteiger partial charge in [0, 0.05) is 11.4 Å². The summed E-state index contributed by atoms with van der Waals surface area (Å²) in [5.41, 5.74) is -0.263.